The first kappa shape index (κ1) is 27.0. The monoisotopic (exact) mass is 556 g/mol. The number of allylic oxidation sites excluding steroid dienone is 2. The van der Waals surface area contributed by atoms with Gasteiger partial charge in [-0.15, -0.1) is 0 Å². The minimum atomic E-state index is -0.677. The van der Waals surface area contributed by atoms with E-state index in [0.717, 1.165) is 15.6 Å². The number of carbonyl (C=O) groups is 5. The van der Waals surface area contributed by atoms with Gasteiger partial charge >= 0.3 is 5.97 Å². The number of carbonyl (C=O) groups excluding carboxylic acids is 5. The zero-order valence-corrected chi connectivity index (χ0v) is 22.3. The largest absolute Gasteiger partial charge is 0.423 e. The molecule has 0 N–H and O–H groups in total. The Morgan fingerprint density at radius 1 is 0.850 bits per heavy atom. The molecule has 2 aliphatic rings. The lowest BCUT2D eigenvalue weighted by Crippen LogP contribution is -2.52. The van der Waals surface area contributed by atoms with E-state index in [2.05, 4.69) is 0 Å². The molecular weight excluding hydrogens is 532 g/mol. The van der Waals surface area contributed by atoms with Crippen molar-refractivity contribution in [2.75, 3.05) is 6.54 Å². The fourth-order valence-corrected chi connectivity index (χ4v) is 5.04. The summed E-state index contributed by atoms with van der Waals surface area (Å²) in [6, 6.07) is 20.3. The molecule has 0 radical (unpaired) electrons. The average Bonchev–Trinajstić information content (AvgIpc) is 3.21. The highest BCUT2D eigenvalue weighted by Crippen LogP contribution is 2.38. The third-order valence-corrected chi connectivity index (χ3v) is 7.31. The van der Waals surface area contributed by atoms with E-state index in [1.165, 1.54) is 48.5 Å². The predicted octanol–water partition coefficient (Wildman–Crippen LogP) is 5.14. The van der Waals surface area contributed by atoms with Gasteiger partial charge < -0.3 is 4.74 Å². The summed E-state index contributed by atoms with van der Waals surface area (Å²) in [4.78, 5) is 66.1. The van der Waals surface area contributed by atoms with Crippen LogP contribution >= 0.6 is 11.6 Å². The Balaban J connectivity index is 1.38. The molecule has 1 fully saturated rings. The van der Waals surface area contributed by atoms with Gasteiger partial charge in [-0.05, 0) is 80.4 Å². The molecule has 0 spiro atoms. The lowest BCUT2D eigenvalue weighted by atomic mass is 9.82. The van der Waals surface area contributed by atoms with Gasteiger partial charge in [-0.1, -0.05) is 41.4 Å². The van der Waals surface area contributed by atoms with E-state index < -0.39 is 47.9 Å². The van der Waals surface area contributed by atoms with Crippen molar-refractivity contribution < 1.29 is 28.7 Å². The summed E-state index contributed by atoms with van der Waals surface area (Å²) in [5.74, 6) is -3.65. The number of hydrogen-bond donors (Lipinski definition) is 0. The summed E-state index contributed by atoms with van der Waals surface area (Å²) in [6.45, 7) is 1.35. The van der Waals surface area contributed by atoms with Gasteiger partial charge in [-0.3, -0.25) is 19.2 Å². The number of rotatable bonds is 7. The normalized spacial score (nSPS) is 18.1. The highest BCUT2D eigenvalue weighted by atomic mass is 35.5. The molecule has 0 saturated carbocycles. The molecule has 2 atom stereocenters. The summed E-state index contributed by atoms with van der Waals surface area (Å²) in [6.07, 6.45) is 2.75. The number of imide groups is 1. The van der Waals surface area contributed by atoms with Crippen LogP contribution in [-0.2, 0) is 9.59 Å². The second kappa shape index (κ2) is 11.3. The number of nitrogens with zero attached hydrogens (tertiary/aromatic N) is 2. The standard InChI is InChI=1S/C31H25ClN2O6/c1-19-7-16-25-26(17-19)30(38)34(29(25)37)33(28(36)21-8-12-23(32)13-9-21)18-27(35)20-10-14-24(15-11-20)40-31(39)22-5-3-2-4-6-22/h2-15,25-26H,16-18H2,1H3/t25-,26-/m0/s1. The molecule has 1 aliphatic carbocycles. The number of amides is 3. The van der Waals surface area contributed by atoms with Crippen molar-refractivity contribution in [3.05, 3.63) is 112 Å². The smallest absolute Gasteiger partial charge is 0.343 e. The highest BCUT2D eigenvalue weighted by Gasteiger charge is 2.51. The molecule has 1 saturated heterocycles. The van der Waals surface area contributed by atoms with Crippen molar-refractivity contribution in [3.8, 4) is 5.75 Å². The zero-order valence-electron chi connectivity index (χ0n) is 21.6. The molecule has 8 nitrogen and oxygen atoms in total. The molecule has 9 heteroatoms. The average molecular weight is 557 g/mol. The van der Waals surface area contributed by atoms with Crippen molar-refractivity contribution in [2.24, 2.45) is 11.8 Å². The summed E-state index contributed by atoms with van der Waals surface area (Å²) >= 11 is 5.97. The molecule has 0 aromatic heterocycles. The van der Waals surface area contributed by atoms with Crippen LogP contribution in [0.3, 0.4) is 0 Å². The van der Waals surface area contributed by atoms with Gasteiger partial charge in [-0.25, -0.2) is 9.80 Å². The second-order valence-electron chi connectivity index (χ2n) is 9.76. The van der Waals surface area contributed by atoms with Crippen molar-refractivity contribution in [1.29, 1.82) is 0 Å². The number of hydrogen-bond acceptors (Lipinski definition) is 6. The fraction of sp³-hybridized carbons (Fsp3) is 0.194. The topological polar surface area (TPSA) is 101 Å². The molecule has 3 aromatic carbocycles. The van der Waals surface area contributed by atoms with E-state index in [-0.39, 0.29) is 16.9 Å². The fourth-order valence-electron chi connectivity index (χ4n) is 4.91. The van der Waals surface area contributed by atoms with Gasteiger partial charge in [0.15, 0.2) is 5.78 Å². The number of ketones is 1. The molecule has 0 bridgehead atoms. The number of esters is 1. The number of hydrazine groups is 1. The van der Waals surface area contributed by atoms with Crippen LogP contribution in [0.15, 0.2) is 90.5 Å². The Bertz CT molecular complexity index is 1520. The molecule has 1 aliphatic heterocycles. The number of halogens is 1. The summed E-state index contributed by atoms with van der Waals surface area (Å²) in [7, 11) is 0. The number of Topliss-reactive ketones (excluding diaryl/α,β-unsaturated/α-hetero) is 1. The molecule has 3 amide bonds. The highest BCUT2D eigenvalue weighted by molar-refractivity contribution is 6.30. The van der Waals surface area contributed by atoms with Gasteiger partial charge in [0.05, 0.1) is 17.4 Å². The maximum Gasteiger partial charge on any atom is 0.343 e. The van der Waals surface area contributed by atoms with E-state index in [1.807, 2.05) is 13.0 Å². The molecule has 1 heterocycles. The lowest BCUT2D eigenvalue weighted by molar-refractivity contribution is -0.154. The minimum Gasteiger partial charge on any atom is -0.423 e. The first-order valence-electron chi connectivity index (χ1n) is 12.7. The summed E-state index contributed by atoms with van der Waals surface area (Å²) < 4.78 is 5.37. The maximum absolute atomic E-state index is 13.6. The summed E-state index contributed by atoms with van der Waals surface area (Å²) in [5, 5.41) is 2.17. The molecular formula is C31H25ClN2O6. The molecule has 202 valence electrons. The number of fused-ring (bicyclic) bond motifs is 1. The van der Waals surface area contributed by atoms with Crippen LogP contribution in [0.5, 0.6) is 5.75 Å². The minimum absolute atomic E-state index is 0.171. The Labute approximate surface area is 235 Å². The van der Waals surface area contributed by atoms with Gasteiger partial charge in [-0.2, -0.15) is 5.01 Å². The Kier molecular flexibility index (Phi) is 7.62. The molecule has 5 rings (SSSR count). The van der Waals surface area contributed by atoms with E-state index >= 15 is 0 Å². The van der Waals surface area contributed by atoms with E-state index in [0.29, 0.717) is 23.4 Å². The van der Waals surface area contributed by atoms with E-state index in [4.69, 9.17) is 16.3 Å². The van der Waals surface area contributed by atoms with Crippen LogP contribution < -0.4 is 4.74 Å². The van der Waals surface area contributed by atoms with Crippen molar-refractivity contribution in [3.63, 3.8) is 0 Å². The maximum atomic E-state index is 13.6. The number of ether oxygens (including phenoxy) is 1. The van der Waals surface area contributed by atoms with Crippen LogP contribution in [0.2, 0.25) is 5.02 Å². The molecule has 40 heavy (non-hydrogen) atoms. The summed E-state index contributed by atoms with van der Waals surface area (Å²) in [5.41, 5.74) is 1.77. The second-order valence-corrected chi connectivity index (χ2v) is 10.2. The Morgan fingerprint density at radius 3 is 2.15 bits per heavy atom. The van der Waals surface area contributed by atoms with Crippen molar-refractivity contribution >= 4 is 41.1 Å². The van der Waals surface area contributed by atoms with Crippen LogP contribution in [0.25, 0.3) is 0 Å². The Hall–Kier alpha value is -4.56. The van der Waals surface area contributed by atoms with E-state index in [9.17, 15) is 24.0 Å². The first-order valence-corrected chi connectivity index (χ1v) is 13.1. The van der Waals surface area contributed by atoms with Gasteiger partial charge in [0.2, 0.25) is 0 Å². The molecule has 3 aromatic rings. The Morgan fingerprint density at radius 2 is 1.48 bits per heavy atom. The van der Waals surface area contributed by atoms with Crippen LogP contribution in [0.1, 0.15) is 50.8 Å². The van der Waals surface area contributed by atoms with Gasteiger partial charge in [0.1, 0.15) is 12.3 Å². The first-order chi connectivity index (χ1) is 19.2. The van der Waals surface area contributed by atoms with Crippen LogP contribution in [0.4, 0.5) is 0 Å². The predicted molar refractivity (Wildman–Crippen MR) is 146 cm³/mol. The van der Waals surface area contributed by atoms with Gasteiger partial charge in [0.25, 0.3) is 17.7 Å². The SMILES string of the molecule is CC1=CC[C@@H]2C(=O)N(N(CC(=O)c3ccc(OC(=O)c4ccccc4)cc3)C(=O)c3ccc(Cl)cc3)C(=O)[C@H]2C1. The zero-order chi connectivity index (χ0) is 28.4. The van der Waals surface area contributed by atoms with Crippen molar-refractivity contribution in [2.45, 2.75) is 19.8 Å². The molecule has 0 unspecified atom stereocenters. The quantitative estimate of drug-likeness (QED) is 0.131. The lowest BCUT2D eigenvalue weighted by Gasteiger charge is -2.30. The third-order valence-electron chi connectivity index (χ3n) is 7.06. The number of benzene rings is 3. The van der Waals surface area contributed by atoms with Gasteiger partial charge in [0, 0.05) is 16.1 Å². The third kappa shape index (κ3) is 5.44. The van der Waals surface area contributed by atoms with Crippen LogP contribution in [0, 0.1) is 11.8 Å². The van der Waals surface area contributed by atoms with Crippen molar-refractivity contribution in [1.82, 2.24) is 10.0 Å². The van der Waals surface area contributed by atoms with Crippen LogP contribution in [-0.4, -0.2) is 46.0 Å². The van der Waals surface area contributed by atoms with E-state index in [1.54, 1.807) is 30.3 Å².